The third-order valence-corrected chi connectivity index (χ3v) is 7.21. The Labute approximate surface area is 212 Å². The molecule has 1 amide bonds. The Morgan fingerprint density at radius 3 is 2.72 bits per heavy atom. The van der Waals surface area contributed by atoms with Crippen molar-refractivity contribution < 1.29 is 13.9 Å². The molecule has 184 valence electrons. The minimum absolute atomic E-state index is 0.0781. The number of fused-ring (bicyclic) bond motifs is 2. The summed E-state index contributed by atoms with van der Waals surface area (Å²) in [6.45, 7) is 4.63. The van der Waals surface area contributed by atoms with Crippen LogP contribution in [0.5, 0.6) is 5.75 Å². The number of benzene rings is 3. The van der Waals surface area contributed by atoms with E-state index in [1.54, 1.807) is 13.2 Å². The Morgan fingerprint density at radius 1 is 1.11 bits per heavy atom. The summed E-state index contributed by atoms with van der Waals surface area (Å²) in [7, 11) is 1.66. The van der Waals surface area contributed by atoms with Crippen molar-refractivity contribution in [3.8, 4) is 16.9 Å². The van der Waals surface area contributed by atoms with Crippen molar-refractivity contribution in [3.63, 3.8) is 0 Å². The van der Waals surface area contributed by atoms with Crippen LogP contribution in [0.4, 0.5) is 0 Å². The molecule has 0 aliphatic heterocycles. The predicted molar refractivity (Wildman–Crippen MR) is 148 cm³/mol. The molecular formula is C32H33NO3. The Morgan fingerprint density at radius 2 is 1.94 bits per heavy atom. The van der Waals surface area contributed by atoms with E-state index in [2.05, 4.69) is 59.9 Å². The zero-order chi connectivity index (χ0) is 25.1. The second kappa shape index (κ2) is 10.4. The van der Waals surface area contributed by atoms with E-state index in [-0.39, 0.29) is 5.91 Å². The Kier molecular flexibility index (Phi) is 6.95. The third kappa shape index (κ3) is 4.81. The van der Waals surface area contributed by atoms with Crippen LogP contribution in [0.15, 0.2) is 76.9 Å². The summed E-state index contributed by atoms with van der Waals surface area (Å²) < 4.78 is 11.8. The van der Waals surface area contributed by atoms with Gasteiger partial charge in [0.2, 0.25) is 5.91 Å². The fourth-order valence-corrected chi connectivity index (χ4v) is 5.26. The number of amides is 1. The summed E-state index contributed by atoms with van der Waals surface area (Å²) in [5.74, 6) is 0.654. The van der Waals surface area contributed by atoms with Crippen LogP contribution in [0.25, 0.3) is 38.4 Å². The molecule has 4 nitrogen and oxygen atoms in total. The molecular weight excluding hydrogens is 446 g/mol. The molecule has 0 atom stereocenters. The number of ether oxygens (including phenoxy) is 1. The number of allylic oxidation sites excluding steroid dienone is 2. The number of hydrogen-bond acceptors (Lipinski definition) is 3. The molecule has 1 heterocycles. The lowest BCUT2D eigenvalue weighted by Crippen LogP contribution is -2.23. The Hall–Kier alpha value is -3.79. The quantitative estimate of drug-likeness (QED) is 0.216. The molecule has 4 heteroatoms. The summed E-state index contributed by atoms with van der Waals surface area (Å²) in [5.41, 5.74) is 7.07. The number of carbonyl (C=O) groups is 1. The average Bonchev–Trinajstić information content (AvgIpc) is 3.33. The van der Waals surface area contributed by atoms with Gasteiger partial charge in [0, 0.05) is 34.7 Å². The van der Waals surface area contributed by atoms with Gasteiger partial charge < -0.3 is 14.5 Å². The molecule has 0 fully saturated rings. The van der Waals surface area contributed by atoms with Crippen LogP contribution in [0, 0.1) is 6.92 Å². The molecule has 0 saturated carbocycles. The van der Waals surface area contributed by atoms with Gasteiger partial charge in [-0.15, -0.1) is 0 Å². The molecule has 0 bridgehead atoms. The van der Waals surface area contributed by atoms with E-state index in [0.29, 0.717) is 6.54 Å². The van der Waals surface area contributed by atoms with E-state index in [4.69, 9.17) is 9.15 Å². The van der Waals surface area contributed by atoms with Gasteiger partial charge in [-0.3, -0.25) is 4.79 Å². The van der Waals surface area contributed by atoms with Crippen LogP contribution in [0.3, 0.4) is 0 Å². The van der Waals surface area contributed by atoms with Gasteiger partial charge in [-0.1, -0.05) is 48.0 Å². The third-order valence-electron chi connectivity index (χ3n) is 7.21. The Balaban J connectivity index is 1.45. The minimum atomic E-state index is -0.0781. The van der Waals surface area contributed by atoms with Crippen molar-refractivity contribution in [2.24, 2.45) is 0 Å². The molecule has 0 unspecified atom stereocenters. The fraction of sp³-hybridized carbons (Fsp3) is 0.281. The van der Waals surface area contributed by atoms with Crippen molar-refractivity contribution in [3.05, 3.63) is 83.6 Å². The van der Waals surface area contributed by atoms with Crippen molar-refractivity contribution in [2.45, 2.75) is 46.0 Å². The van der Waals surface area contributed by atoms with Crippen LogP contribution < -0.4 is 10.1 Å². The molecule has 0 spiro atoms. The molecule has 1 aliphatic carbocycles. The average molecular weight is 480 g/mol. The van der Waals surface area contributed by atoms with Gasteiger partial charge in [0.1, 0.15) is 11.3 Å². The number of furan rings is 1. The predicted octanol–water partition coefficient (Wildman–Crippen LogP) is 7.98. The first kappa shape index (κ1) is 23.9. The van der Waals surface area contributed by atoms with Crippen LogP contribution in [-0.2, 0) is 4.79 Å². The van der Waals surface area contributed by atoms with Gasteiger partial charge >= 0.3 is 0 Å². The van der Waals surface area contributed by atoms with Crippen molar-refractivity contribution in [2.75, 3.05) is 13.7 Å². The van der Waals surface area contributed by atoms with Gasteiger partial charge in [-0.05, 0) is 80.0 Å². The van der Waals surface area contributed by atoms with E-state index in [1.165, 1.54) is 35.6 Å². The lowest BCUT2D eigenvalue weighted by atomic mass is 9.95. The second-order valence-electron chi connectivity index (χ2n) is 9.65. The maximum atomic E-state index is 12.7. The number of aryl methyl sites for hydroxylation is 1. The topological polar surface area (TPSA) is 51.5 Å². The first-order valence-electron chi connectivity index (χ1n) is 12.8. The van der Waals surface area contributed by atoms with E-state index < -0.39 is 0 Å². The summed E-state index contributed by atoms with van der Waals surface area (Å²) in [4.78, 5) is 12.7. The standard InChI is InChI=1S/C32H33NO3/c1-21(17-30(34)33-16-15-23-9-5-4-6-10-23)27-19-28-29(20-36-32(28)22(2)31(27)35-3)26-14-13-24-11-7-8-12-25(24)18-26/h7-9,11-14,17-20H,4-6,10,15-16H2,1-3H3,(H,33,34)/b21-17+. The van der Waals surface area contributed by atoms with Crippen molar-refractivity contribution in [1.29, 1.82) is 0 Å². The molecule has 3 aromatic carbocycles. The maximum absolute atomic E-state index is 12.7. The highest BCUT2D eigenvalue weighted by molar-refractivity contribution is 6.02. The van der Waals surface area contributed by atoms with E-state index in [1.807, 2.05) is 20.1 Å². The summed E-state index contributed by atoms with van der Waals surface area (Å²) in [5, 5.41) is 6.46. The molecule has 0 radical (unpaired) electrons. The number of carbonyl (C=O) groups excluding carboxylic acids is 1. The highest BCUT2D eigenvalue weighted by Crippen LogP contribution is 2.41. The smallest absolute Gasteiger partial charge is 0.244 e. The molecule has 1 N–H and O–H groups in total. The normalized spacial score (nSPS) is 14.2. The van der Waals surface area contributed by atoms with Crippen molar-refractivity contribution in [1.82, 2.24) is 5.32 Å². The summed E-state index contributed by atoms with van der Waals surface area (Å²) >= 11 is 0. The minimum Gasteiger partial charge on any atom is -0.496 e. The highest BCUT2D eigenvalue weighted by atomic mass is 16.5. The molecule has 4 aromatic rings. The Bertz CT molecular complexity index is 1490. The van der Waals surface area contributed by atoms with E-state index >= 15 is 0 Å². The number of nitrogens with one attached hydrogen (secondary N) is 1. The zero-order valence-electron chi connectivity index (χ0n) is 21.3. The number of methoxy groups -OCH3 is 1. The first-order valence-corrected chi connectivity index (χ1v) is 12.8. The number of rotatable bonds is 7. The van der Waals surface area contributed by atoms with Gasteiger partial charge in [0.15, 0.2) is 0 Å². The molecule has 0 saturated heterocycles. The van der Waals surface area contributed by atoms with Gasteiger partial charge in [0.05, 0.1) is 13.4 Å². The van der Waals surface area contributed by atoms with Gasteiger partial charge in [-0.25, -0.2) is 0 Å². The van der Waals surface area contributed by atoms with Crippen LogP contribution in [-0.4, -0.2) is 19.6 Å². The van der Waals surface area contributed by atoms with E-state index in [0.717, 1.165) is 57.4 Å². The van der Waals surface area contributed by atoms with Crippen LogP contribution >= 0.6 is 0 Å². The molecule has 5 rings (SSSR count). The maximum Gasteiger partial charge on any atom is 0.244 e. The molecule has 1 aliphatic rings. The van der Waals surface area contributed by atoms with Gasteiger partial charge in [-0.2, -0.15) is 0 Å². The molecule has 36 heavy (non-hydrogen) atoms. The van der Waals surface area contributed by atoms with Gasteiger partial charge in [0.25, 0.3) is 0 Å². The lowest BCUT2D eigenvalue weighted by molar-refractivity contribution is -0.116. The first-order chi connectivity index (χ1) is 17.5. The SMILES string of the molecule is COc1c(/C(C)=C/C(=O)NCCC2=CCCCC2)cc2c(-c3ccc4ccccc4c3)coc2c1C. The van der Waals surface area contributed by atoms with E-state index in [9.17, 15) is 4.79 Å². The monoisotopic (exact) mass is 479 g/mol. The zero-order valence-corrected chi connectivity index (χ0v) is 21.3. The molecule has 1 aromatic heterocycles. The largest absolute Gasteiger partial charge is 0.496 e. The van der Waals surface area contributed by atoms with Crippen LogP contribution in [0.2, 0.25) is 0 Å². The number of hydrogen-bond donors (Lipinski definition) is 1. The summed E-state index contributed by atoms with van der Waals surface area (Å²) in [6.07, 6.45) is 11.6. The fourth-order valence-electron chi connectivity index (χ4n) is 5.26. The summed E-state index contributed by atoms with van der Waals surface area (Å²) in [6, 6.07) is 16.9. The lowest BCUT2D eigenvalue weighted by Gasteiger charge is -2.14. The second-order valence-corrected chi connectivity index (χ2v) is 9.65. The highest BCUT2D eigenvalue weighted by Gasteiger charge is 2.19. The van der Waals surface area contributed by atoms with Crippen molar-refractivity contribution >= 4 is 33.2 Å². The van der Waals surface area contributed by atoms with Crippen LogP contribution in [0.1, 0.15) is 50.2 Å².